The number of para-hydroxylation sites is 1. The standard InChI is InChI=1S/C18H14Cl2IN/c19-10-7-8-14(15(20)9-10)17-12-4-1-3-11(12)13-5-2-6-16(21)18(13)22-17/h1-3,5-9,11-12,17,22H,4H2/t11-,12-,17+/m0/s1. The van der Waals surface area contributed by atoms with E-state index in [1.807, 2.05) is 12.1 Å². The van der Waals surface area contributed by atoms with Gasteiger partial charge in [0.1, 0.15) is 0 Å². The van der Waals surface area contributed by atoms with E-state index in [0.717, 1.165) is 17.0 Å². The lowest BCUT2D eigenvalue weighted by atomic mass is 9.77. The molecular formula is C18H14Cl2IN. The van der Waals surface area contributed by atoms with E-state index in [0.29, 0.717) is 16.9 Å². The summed E-state index contributed by atoms with van der Waals surface area (Å²) in [5.41, 5.74) is 3.77. The van der Waals surface area contributed by atoms with Gasteiger partial charge >= 0.3 is 0 Å². The van der Waals surface area contributed by atoms with Crippen LogP contribution in [0.2, 0.25) is 10.0 Å². The third kappa shape index (κ3) is 2.36. The lowest BCUT2D eigenvalue weighted by Crippen LogP contribution is -2.29. The number of hydrogen-bond acceptors (Lipinski definition) is 1. The molecule has 2 aromatic carbocycles. The molecule has 4 rings (SSSR count). The highest BCUT2D eigenvalue weighted by Crippen LogP contribution is 2.51. The molecule has 0 amide bonds. The zero-order valence-electron chi connectivity index (χ0n) is 11.7. The van der Waals surface area contributed by atoms with Crippen molar-refractivity contribution < 1.29 is 0 Å². The molecule has 1 aliphatic carbocycles. The highest BCUT2D eigenvalue weighted by Gasteiger charge is 2.39. The van der Waals surface area contributed by atoms with E-state index < -0.39 is 0 Å². The SMILES string of the molecule is Clc1ccc([C@@H]2Nc3c(I)cccc3[C@H]3C=CC[C@@H]32)c(Cl)c1. The molecule has 0 saturated carbocycles. The van der Waals surface area contributed by atoms with Gasteiger partial charge in [0.2, 0.25) is 0 Å². The molecule has 1 aliphatic heterocycles. The van der Waals surface area contributed by atoms with E-state index in [-0.39, 0.29) is 6.04 Å². The molecule has 2 aliphatic rings. The molecule has 0 radical (unpaired) electrons. The van der Waals surface area contributed by atoms with Gasteiger partial charge in [0.15, 0.2) is 0 Å². The minimum absolute atomic E-state index is 0.216. The number of halogens is 3. The Hall–Kier alpha value is -0.710. The summed E-state index contributed by atoms with van der Waals surface area (Å²) in [6.45, 7) is 0. The molecule has 0 bridgehead atoms. The van der Waals surface area contributed by atoms with Gasteiger partial charge in [0.05, 0.1) is 11.7 Å². The first-order valence-corrected chi connectivity index (χ1v) is 9.15. The monoisotopic (exact) mass is 441 g/mol. The first kappa shape index (κ1) is 14.9. The second-order valence-corrected chi connectivity index (χ2v) is 7.85. The zero-order valence-corrected chi connectivity index (χ0v) is 15.4. The van der Waals surface area contributed by atoms with Crippen LogP contribution in [-0.2, 0) is 0 Å². The summed E-state index contributed by atoms with van der Waals surface area (Å²) < 4.78 is 1.25. The molecule has 0 fully saturated rings. The van der Waals surface area contributed by atoms with Crippen molar-refractivity contribution in [2.75, 3.05) is 5.32 Å². The Morgan fingerprint density at radius 2 is 1.95 bits per heavy atom. The van der Waals surface area contributed by atoms with Gasteiger partial charge in [-0.3, -0.25) is 0 Å². The van der Waals surface area contributed by atoms with Gasteiger partial charge in [0.25, 0.3) is 0 Å². The minimum Gasteiger partial charge on any atom is -0.377 e. The van der Waals surface area contributed by atoms with Crippen LogP contribution < -0.4 is 5.32 Å². The predicted octanol–water partition coefficient (Wildman–Crippen LogP) is 6.42. The molecule has 0 saturated heterocycles. The normalized spacial score (nSPS) is 25.5. The second-order valence-electron chi connectivity index (χ2n) is 5.85. The van der Waals surface area contributed by atoms with Crippen molar-refractivity contribution in [2.24, 2.45) is 5.92 Å². The van der Waals surface area contributed by atoms with Crippen LogP contribution in [0.25, 0.3) is 0 Å². The van der Waals surface area contributed by atoms with Crippen LogP contribution in [0.1, 0.15) is 29.5 Å². The number of rotatable bonds is 1. The third-order valence-electron chi connectivity index (χ3n) is 4.64. The molecule has 0 aromatic heterocycles. The summed E-state index contributed by atoms with van der Waals surface area (Å²) in [4.78, 5) is 0. The highest BCUT2D eigenvalue weighted by atomic mass is 127. The average Bonchev–Trinajstić information content (AvgIpc) is 2.97. The summed E-state index contributed by atoms with van der Waals surface area (Å²) in [6, 6.07) is 12.5. The highest BCUT2D eigenvalue weighted by molar-refractivity contribution is 14.1. The third-order valence-corrected chi connectivity index (χ3v) is 6.10. The molecule has 1 N–H and O–H groups in total. The molecule has 0 unspecified atom stereocenters. The van der Waals surface area contributed by atoms with Crippen molar-refractivity contribution in [1.82, 2.24) is 0 Å². The van der Waals surface area contributed by atoms with Crippen molar-refractivity contribution in [3.63, 3.8) is 0 Å². The molecule has 3 atom stereocenters. The van der Waals surface area contributed by atoms with Crippen LogP contribution in [0.15, 0.2) is 48.6 Å². The first-order chi connectivity index (χ1) is 10.6. The minimum atomic E-state index is 0.216. The second kappa shape index (κ2) is 5.73. The molecule has 1 nitrogen and oxygen atoms in total. The van der Waals surface area contributed by atoms with Crippen LogP contribution in [-0.4, -0.2) is 0 Å². The van der Waals surface area contributed by atoms with E-state index in [1.165, 1.54) is 14.8 Å². The van der Waals surface area contributed by atoms with E-state index in [4.69, 9.17) is 23.2 Å². The van der Waals surface area contributed by atoms with Crippen LogP contribution in [0.4, 0.5) is 5.69 Å². The van der Waals surface area contributed by atoms with Gasteiger partial charge in [-0.15, -0.1) is 0 Å². The van der Waals surface area contributed by atoms with Gasteiger partial charge in [-0.2, -0.15) is 0 Å². The maximum Gasteiger partial charge on any atom is 0.0568 e. The van der Waals surface area contributed by atoms with Gasteiger partial charge in [0, 0.05) is 19.5 Å². The first-order valence-electron chi connectivity index (χ1n) is 7.31. The quantitative estimate of drug-likeness (QED) is 0.397. The Morgan fingerprint density at radius 1 is 1.09 bits per heavy atom. The summed E-state index contributed by atoms with van der Waals surface area (Å²) in [6.07, 6.45) is 5.71. The number of hydrogen-bond donors (Lipinski definition) is 1. The van der Waals surface area contributed by atoms with Crippen molar-refractivity contribution in [3.8, 4) is 0 Å². The molecule has 112 valence electrons. The maximum atomic E-state index is 6.47. The zero-order chi connectivity index (χ0) is 15.3. The molecule has 2 aromatic rings. The van der Waals surface area contributed by atoms with Crippen molar-refractivity contribution in [2.45, 2.75) is 18.4 Å². The van der Waals surface area contributed by atoms with E-state index in [2.05, 4.69) is 64.3 Å². The molecule has 4 heteroatoms. The van der Waals surface area contributed by atoms with Crippen LogP contribution in [0.5, 0.6) is 0 Å². The molecule has 0 spiro atoms. The molecule has 22 heavy (non-hydrogen) atoms. The number of fused-ring (bicyclic) bond motifs is 3. The molecular weight excluding hydrogens is 428 g/mol. The van der Waals surface area contributed by atoms with Crippen LogP contribution in [0.3, 0.4) is 0 Å². The van der Waals surface area contributed by atoms with Crippen LogP contribution in [0, 0.1) is 9.49 Å². The van der Waals surface area contributed by atoms with Gasteiger partial charge in [-0.05, 0) is 64.3 Å². The Labute approximate surface area is 153 Å². The fourth-order valence-corrected chi connectivity index (χ4v) is 4.85. The smallest absolute Gasteiger partial charge is 0.0568 e. The molecule has 1 heterocycles. The lowest BCUT2D eigenvalue weighted by molar-refractivity contribution is 0.425. The Morgan fingerprint density at radius 3 is 2.77 bits per heavy atom. The average molecular weight is 442 g/mol. The Bertz CT molecular complexity index is 772. The van der Waals surface area contributed by atoms with E-state index in [1.54, 1.807) is 0 Å². The Balaban J connectivity index is 1.84. The number of nitrogens with one attached hydrogen (secondary N) is 1. The largest absolute Gasteiger partial charge is 0.377 e. The predicted molar refractivity (Wildman–Crippen MR) is 102 cm³/mol. The van der Waals surface area contributed by atoms with Crippen molar-refractivity contribution in [1.29, 1.82) is 0 Å². The van der Waals surface area contributed by atoms with Gasteiger partial charge in [-0.1, -0.05) is 53.6 Å². The topological polar surface area (TPSA) is 12.0 Å². The summed E-state index contributed by atoms with van der Waals surface area (Å²) in [5, 5.41) is 5.16. The fraction of sp³-hybridized carbons (Fsp3) is 0.222. The van der Waals surface area contributed by atoms with Crippen molar-refractivity contribution >= 4 is 51.5 Å². The van der Waals surface area contributed by atoms with Crippen LogP contribution >= 0.6 is 45.8 Å². The number of anilines is 1. The van der Waals surface area contributed by atoms with Gasteiger partial charge in [-0.25, -0.2) is 0 Å². The van der Waals surface area contributed by atoms with Gasteiger partial charge < -0.3 is 5.32 Å². The number of benzene rings is 2. The van der Waals surface area contributed by atoms with E-state index >= 15 is 0 Å². The summed E-state index contributed by atoms with van der Waals surface area (Å²) >= 11 is 14.9. The number of allylic oxidation sites excluding steroid dienone is 2. The summed E-state index contributed by atoms with van der Waals surface area (Å²) in [5.74, 6) is 0.965. The summed E-state index contributed by atoms with van der Waals surface area (Å²) in [7, 11) is 0. The van der Waals surface area contributed by atoms with Crippen molar-refractivity contribution in [3.05, 3.63) is 73.3 Å². The Kier molecular flexibility index (Phi) is 3.87. The fourth-order valence-electron chi connectivity index (χ4n) is 3.64. The lowest BCUT2D eigenvalue weighted by Gasteiger charge is -2.38. The maximum absolute atomic E-state index is 6.47. The van der Waals surface area contributed by atoms with E-state index in [9.17, 15) is 0 Å².